The quantitative estimate of drug-likeness (QED) is 0.245. The minimum absolute atomic E-state index is 0. The number of hydrogen-bond acceptors (Lipinski definition) is 4. The van der Waals surface area contributed by atoms with Gasteiger partial charge in [0, 0.05) is 12.8 Å². The molecule has 2 N–H and O–H groups in total. The van der Waals surface area contributed by atoms with Crippen molar-refractivity contribution in [2.45, 2.75) is 44.9 Å². The Labute approximate surface area is 187 Å². The standard InChI is InChI=1S/C15H30N2O4.2Na.2H/c1-16(2)10-4-3-5-11-17(12-6-8-14(18)19)13-7-9-15(20)21;;;;/h3-13H2,1-2H3,(H,18,19)(H,20,21);;;;/q;2*+1;2*-1. The number of aliphatic carboxylic acids is 2. The number of unbranched alkanes of at least 4 members (excludes halogenated alkanes) is 2. The normalized spacial score (nSPS) is 10.3. The molecule has 0 spiro atoms. The van der Waals surface area contributed by atoms with Crippen LogP contribution in [0.5, 0.6) is 0 Å². The van der Waals surface area contributed by atoms with E-state index in [1.165, 1.54) is 0 Å². The molecule has 0 aromatic rings. The summed E-state index contributed by atoms with van der Waals surface area (Å²) in [5.41, 5.74) is 0. The van der Waals surface area contributed by atoms with E-state index in [2.05, 4.69) is 23.9 Å². The van der Waals surface area contributed by atoms with Crippen LogP contribution in [0.25, 0.3) is 0 Å². The summed E-state index contributed by atoms with van der Waals surface area (Å²) in [6, 6.07) is 0. The fourth-order valence-electron chi connectivity index (χ4n) is 2.18. The molecule has 0 aliphatic carbocycles. The van der Waals surface area contributed by atoms with Crippen molar-refractivity contribution in [3.05, 3.63) is 0 Å². The molecule has 0 aliphatic heterocycles. The Balaban J connectivity index is -0.000000333. The molecule has 0 bridgehead atoms. The predicted molar refractivity (Wildman–Crippen MR) is 84.8 cm³/mol. The van der Waals surface area contributed by atoms with Gasteiger partial charge in [0.1, 0.15) is 0 Å². The Kier molecular flexibility index (Phi) is 23.9. The van der Waals surface area contributed by atoms with Gasteiger partial charge >= 0.3 is 71.1 Å². The summed E-state index contributed by atoms with van der Waals surface area (Å²) in [5, 5.41) is 17.3. The Morgan fingerprint density at radius 3 is 1.52 bits per heavy atom. The maximum Gasteiger partial charge on any atom is 1.00 e. The van der Waals surface area contributed by atoms with Gasteiger partial charge in [-0.05, 0) is 66.0 Å². The van der Waals surface area contributed by atoms with Crippen molar-refractivity contribution in [1.29, 1.82) is 0 Å². The number of carboxylic acids is 2. The SMILES string of the molecule is CN(C)CCCCCN(CCCC(=O)O)CCCC(=O)O.[H-].[H-].[Na+].[Na+]. The Bertz CT molecular complexity index is 295. The first-order valence-corrected chi connectivity index (χ1v) is 7.72. The van der Waals surface area contributed by atoms with Crippen LogP contribution < -0.4 is 59.1 Å². The van der Waals surface area contributed by atoms with Crippen molar-refractivity contribution in [2.24, 2.45) is 0 Å². The maximum absolute atomic E-state index is 10.5. The van der Waals surface area contributed by atoms with Gasteiger partial charge in [-0.15, -0.1) is 0 Å². The minimum atomic E-state index is -0.772. The van der Waals surface area contributed by atoms with Crippen molar-refractivity contribution in [3.8, 4) is 0 Å². The second-order valence-electron chi connectivity index (χ2n) is 5.70. The topological polar surface area (TPSA) is 81.1 Å². The molecule has 23 heavy (non-hydrogen) atoms. The smallest absolute Gasteiger partial charge is 1.00 e. The number of carboxylic acid groups (broad SMARTS) is 2. The van der Waals surface area contributed by atoms with Crippen LogP contribution in [0.1, 0.15) is 47.8 Å². The maximum atomic E-state index is 10.5. The van der Waals surface area contributed by atoms with E-state index >= 15 is 0 Å². The molecule has 0 aliphatic rings. The first-order chi connectivity index (χ1) is 9.91. The van der Waals surface area contributed by atoms with Gasteiger partial charge < -0.3 is 22.9 Å². The van der Waals surface area contributed by atoms with Crippen LogP contribution in [0.4, 0.5) is 0 Å². The van der Waals surface area contributed by atoms with Crippen LogP contribution >= 0.6 is 0 Å². The van der Waals surface area contributed by atoms with Crippen molar-refractivity contribution in [2.75, 3.05) is 40.3 Å². The largest absolute Gasteiger partial charge is 1.00 e. The summed E-state index contributed by atoms with van der Waals surface area (Å²) in [6.07, 6.45) is 4.98. The van der Waals surface area contributed by atoms with Gasteiger partial charge in [0.15, 0.2) is 0 Å². The third kappa shape index (κ3) is 22.9. The zero-order chi connectivity index (χ0) is 16.1. The summed E-state index contributed by atoms with van der Waals surface area (Å²) < 4.78 is 0. The number of rotatable bonds is 14. The molecular weight excluding hydrogens is 318 g/mol. The molecule has 0 saturated carbocycles. The molecule has 0 saturated heterocycles. The first kappa shape index (κ1) is 28.7. The van der Waals surface area contributed by atoms with Gasteiger partial charge in [0.25, 0.3) is 0 Å². The molecule has 0 aromatic carbocycles. The summed E-state index contributed by atoms with van der Waals surface area (Å²) in [6.45, 7) is 3.48. The van der Waals surface area contributed by atoms with E-state index in [9.17, 15) is 9.59 Å². The molecule has 0 radical (unpaired) electrons. The van der Waals surface area contributed by atoms with Crippen LogP contribution in [0, 0.1) is 0 Å². The third-order valence-electron chi connectivity index (χ3n) is 3.31. The van der Waals surface area contributed by atoms with Gasteiger partial charge in [-0.25, -0.2) is 0 Å². The molecule has 0 atom stereocenters. The molecule has 0 fully saturated rings. The van der Waals surface area contributed by atoms with Crippen LogP contribution in [0.2, 0.25) is 0 Å². The summed E-state index contributed by atoms with van der Waals surface area (Å²) in [7, 11) is 4.12. The van der Waals surface area contributed by atoms with E-state index in [0.717, 1.165) is 45.4 Å². The van der Waals surface area contributed by atoms with Crippen molar-refractivity contribution in [1.82, 2.24) is 9.80 Å². The van der Waals surface area contributed by atoms with Crippen molar-refractivity contribution in [3.63, 3.8) is 0 Å². The predicted octanol–water partition coefficient (Wildman–Crippen LogP) is -4.02. The van der Waals surface area contributed by atoms with Gasteiger partial charge in [-0.3, -0.25) is 9.59 Å². The van der Waals surface area contributed by atoms with Crippen LogP contribution in [0.15, 0.2) is 0 Å². The average Bonchev–Trinajstić information content (AvgIpc) is 2.36. The van der Waals surface area contributed by atoms with Crippen LogP contribution in [-0.2, 0) is 9.59 Å². The fraction of sp³-hybridized carbons (Fsp3) is 0.867. The molecule has 0 heterocycles. The Morgan fingerprint density at radius 2 is 1.13 bits per heavy atom. The van der Waals surface area contributed by atoms with Gasteiger partial charge in [-0.1, -0.05) is 6.42 Å². The number of hydrogen-bond donors (Lipinski definition) is 2. The summed E-state index contributed by atoms with van der Waals surface area (Å²) in [4.78, 5) is 25.5. The molecule has 6 nitrogen and oxygen atoms in total. The van der Waals surface area contributed by atoms with Gasteiger partial charge in [0.2, 0.25) is 0 Å². The molecule has 0 rings (SSSR count). The molecule has 8 heteroatoms. The van der Waals surface area contributed by atoms with Crippen molar-refractivity contribution < 1.29 is 81.8 Å². The Hall–Kier alpha value is 0.860. The van der Waals surface area contributed by atoms with Gasteiger partial charge in [-0.2, -0.15) is 0 Å². The Morgan fingerprint density at radius 1 is 0.739 bits per heavy atom. The summed E-state index contributed by atoms with van der Waals surface area (Å²) >= 11 is 0. The third-order valence-corrected chi connectivity index (χ3v) is 3.31. The second-order valence-corrected chi connectivity index (χ2v) is 5.70. The number of carbonyl (C=O) groups is 2. The number of nitrogens with zero attached hydrogens (tertiary/aromatic N) is 2. The zero-order valence-corrected chi connectivity index (χ0v) is 19.4. The zero-order valence-electron chi connectivity index (χ0n) is 17.4. The average molecular weight is 350 g/mol. The molecule has 0 amide bonds. The van der Waals surface area contributed by atoms with Crippen LogP contribution in [-0.4, -0.2) is 72.2 Å². The molecular formula is C15H32N2Na2O4. The monoisotopic (exact) mass is 350 g/mol. The summed E-state index contributed by atoms with van der Waals surface area (Å²) in [5.74, 6) is -1.54. The first-order valence-electron chi connectivity index (χ1n) is 7.72. The van der Waals surface area contributed by atoms with E-state index < -0.39 is 11.9 Å². The van der Waals surface area contributed by atoms with E-state index in [1.54, 1.807) is 0 Å². The molecule has 128 valence electrons. The van der Waals surface area contributed by atoms with E-state index in [1.807, 2.05) is 0 Å². The fourth-order valence-corrected chi connectivity index (χ4v) is 2.18. The second kappa shape index (κ2) is 19.2. The van der Waals surface area contributed by atoms with Crippen molar-refractivity contribution >= 4 is 11.9 Å². The van der Waals surface area contributed by atoms with E-state index in [0.29, 0.717) is 12.8 Å². The minimum Gasteiger partial charge on any atom is -1.00 e. The van der Waals surface area contributed by atoms with Gasteiger partial charge in [0.05, 0.1) is 0 Å². The van der Waals surface area contributed by atoms with Crippen LogP contribution in [0.3, 0.4) is 0 Å². The van der Waals surface area contributed by atoms with E-state index in [-0.39, 0.29) is 74.8 Å². The van der Waals surface area contributed by atoms with E-state index in [4.69, 9.17) is 10.2 Å². The molecule has 0 unspecified atom stereocenters. The molecule has 0 aromatic heterocycles.